The van der Waals surface area contributed by atoms with Crippen LogP contribution in [-0.2, 0) is 9.59 Å². The summed E-state index contributed by atoms with van der Waals surface area (Å²) in [6.45, 7) is 2.12. The van der Waals surface area contributed by atoms with E-state index in [-0.39, 0.29) is 23.4 Å². The molecule has 29 heavy (non-hydrogen) atoms. The molecule has 0 unspecified atom stereocenters. The van der Waals surface area contributed by atoms with Crippen molar-refractivity contribution in [3.63, 3.8) is 0 Å². The van der Waals surface area contributed by atoms with Gasteiger partial charge in [0.1, 0.15) is 12.1 Å². The van der Waals surface area contributed by atoms with Crippen molar-refractivity contribution in [2.24, 2.45) is 0 Å². The number of benzene rings is 1. The lowest BCUT2D eigenvalue weighted by molar-refractivity contribution is -0.134. The van der Waals surface area contributed by atoms with Crippen molar-refractivity contribution < 1.29 is 19.2 Å². The van der Waals surface area contributed by atoms with E-state index in [2.05, 4.69) is 16.0 Å². The zero-order chi connectivity index (χ0) is 21.0. The average molecular weight is 421 g/mol. The lowest BCUT2D eigenvalue weighted by atomic mass is 9.82. The molecule has 1 aliphatic carbocycles. The molecule has 1 saturated carbocycles. The molecular formula is C20H25ClN4O4. The van der Waals surface area contributed by atoms with Crippen LogP contribution in [0.25, 0.3) is 0 Å². The van der Waals surface area contributed by atoms with Crippen LogP contribution >= 0.6 is 11.6 Å². The predicted molar refractivity (Wildman–Crippen MR) is 109 cm³/mol. The Morgan fingerprint density at radius 2 is 1.93 bits per heavy atom. The van der Waals surface area contributed by atoms with Gasteiger partial charge in [-0.3, -0.25) is 19.3 Å². The van der Waals surface area contributed by atoms with E-state index in [1.807, 2.05) is 6.92 Å². The molecule has 9 heteroatoms. The largest absolute Gasteiger partial charge is 0.352 e. The third-order valence-electron chi connectivity index (χ3n) is 5.29. The molecule has 1 aromatic carbocycles. The van der Waals surface area contributed by atoms with Crippen LogP contribution in [0.15, 0.2) is 18.2 Å². The number of hydrogen-bond acceptors (Lipinski definition) is 4. The second kappa shape index (κ2) is 8.82. The molecule has 0 bridgehead atoms. The maximum atomic E-state index is 12.7. The van der Waals surface area contributed by atoms with Gasteiger partial charge in [0.2, 0.25) is 5.91 Å². The second-order valence-electron chi connectivity index (χ2n) is 7.46. The minimum Gasteiger partial charge on any atom is -0.352 e. The number of halogens is 1. The summed E-state index contributed by atoms with van der Waals surface area (Å²) in [6, 6.07) is 4.01. The highest BCUT2D eigenvalue weighted by Gasteiger charge is 2.51. The van der Waals surface area contributed by atoms with E-state index in [1.54, 1.807) is 6.07 Å². The van der Waals surface area contributed by atoms with Crippen LogP contribution in [0.5, 0.6) is 0 Å². The quantitative estimate of drug-likeness (QED) is 0.615. The highest BCUT2D eigenvalue weighted by atomic mass is 35.5. The van der Waals surface area contributed by atoms with Gasteiger partial charge in [0.25, 0.3) is 11.8 Å². The van der Waals surface area contributed by atoms with Crippen molar-refractivity contribution in [3.05, 3.63) is 28.8 Å². The fourth-order valence-corrected chi connectivity index (χ4v) is 4.04. The summed E-state index contributed by atoms with van der Waals surface area (Å²) in [7, 11) is 0. The van der Waals surface area contributed by atoms with Gasteiger partial charge in [0, 0.05) is 12.2 Å². The number of hydrogen-bond donors (Lipinski definition) is 3. The topological polar surface area (TPSA) is 108 Å². The summed E-state index contributed by atoms with van der Waals surface area (Å²) in [5.41, 5.74) is -0.162. The number of urea groups is 1. The van der Waals surface area contributed by atoms with Gasteiger partial charge in [0.05, 0.1) is 10.6 Å². The van der Waals surface area contributed by atoms with Crippen molar-refractivity contribution in [2.45, 2.75) is 51.0 Å². The number of carbonyl (C=O) groups excluding carboxylic acids is 4. The van der Waals surface area contributed by atoms with Gasteiger partial charge in [0.15, 0.2) is 0 Å². The Morgan fingerprint density at radius 1 is 1.21 bits per heavy atom. The van der Waals surface area contributed by atoms with Crippen LogP contribution in [0, 0.1) is 0 Å². The summed E-state index contributed by atoms with van der Waals surface area (Å²) in [5, 5.41) is 8.34. The third-order valence-corrected chi connectivity index (χ3v) is 5.60. The monoisotopic (exact) mass is 420 g/mol. The van der Waals surface area contributed by atoms with Crippen LogP contribution in [0.2, 0.25) is 5.02 Å². The molecule has 0 aromatic heterocycles. The minimum absolute atomic E-state index is 0.201. The first-order valence-corrected chi connectivity index (χ1v) is 10.3. The van der Waals surface area contributed by atoms with Gasteiger partial charge in [-0.15, -0.1) is 0 Å². The first-order chi connectivity index (χ1) is 13.9. The second-order valence-corrected chi connectivity index (χ2v) is 7.87. The first kappa shape index (κ1) is 21.1. The molecule has 1 saturated heterocycles. The third kappa shape index (κ3) is 4.53. The molecule has 0 atom stereocenters. The summed E-state index contributed by atoms with van der Waals surface area (Å²) >= 11 is 6.16. The number of nitrogens with one attached hydrogen (secondary N) is 3. The van der Waals surface area contributed by atoms with Gasteiger partial charge in [-0.2, -0.15) is 0 Å². The molecule has 1 spiro atoms. The Balaban J connectivity index is 1.62. The zero-order valence-electron chi connectivity index (χ0n) is 16.3. The van der Waals surface area contributed by atoms with Gasteiger partial charge in [-0.25, -0.2) is 4.79 Å². The summed E-state index contributed by atoms with van der Waals surface area (Å²) in [6.07, 6.45) is 4.81. The van der Waals surface area contributed by atoms with Crippen LogP contribution in [0.3, 0.4) is 0 Å². The molecule has 0 radical (unpaired) electrons. The smallest absolute Gasteiger partial charge is 0.325 e. The highest BCUT2D eigenvalue weighted by molar-refractivity contribution is 6.34. The lowest BCUT2D eigenvalue weighted by Gasteiger charge is -2.30. The summed E-state index contributed by atoms with van der Waals surface area (Å²) in [4.78, 5) is 50.4. The predicted octanol–water partition coefficient (Wildman–Crippen LogP) is 2.67. The van der Waals surface area contributed by atoms with E-state index < -0.39 is 17.5 Å². The molecule has 2 fully saturated rings. The summed E-state index contributed by atoms with van der Waals surface area (Å²) < 4.78 is 0. The van der Waals surface area contributed by atoms with Crippen molar-refractivity contribution in [2.75, 3.05) is 18.4 Å². The van der Waals surface area contributed by atoms with E-state index in [4.69, 9.17) is 11.6 Å². The molecule has 1 heterocycles. The Labute approximate surface area is 174 Å². The fourth-order valence-electron chi connectivity index (χ4n) is 3.77. The number of nitrogens with zero attached hydrogens (tertiary/aromatic N) is 1. The van der Waals surface area contributed by atoms with E-state index in [9.17, 15) is 19.2 Å². The maximum Gasteiger partial charge on any atom is 0.325 e. The lowest BCUT2D eigenvalue weighted by Crippen LogP contribution is -2.48. The molecule has 8 nitrogen and oxygen atoms in total. The standard InChI is InChI=1S/C20H25ClN4O4/c1-2-10-22-17(27)14-7-6-13(11-15(14)21)23-16(26)12-25-18(28)20(24-19(25)29)8-4-3-5-9-20/h6-7,11H,2-5,8-10,12H2,1H3,(H,22,27)(H,23,26)(H,24,29). The Bertz CT molecular complexity index is 836. The molecule has 3 N–H and O–H groups in total. The van der Waals surface area contributed by atoms with Crippen molar-refractivity contribution >= 4 is 41.0 Å². The molecule has 1 aliphatic heterocycles. The van der Waals surface area contributed by atoms with Gasteiger partial charge in [-0.1, -0.05) is 37.8 Å². The number of anilines is 1. The number of imide groups is 1. The van der Waals surface area contributed by atoms with Crippen LogP contribution in [0.4, 0.5) is 10.5 Å². The van der Waals surface area contributed by atoms with E-state index in [1.165, 1.54) is 12.1 Å². The number of carbonyl (C=O) groups is 4. The van der Waals surface area contributed by atoms with Crippen LogP contribution in [0.1, 0.15) is 55.8 Å². The van der Waals surface area contributed by atoms with Gasteiger partial charge >= 0.3 is 6.03 Å². The molecule has 2 aliphatic rings. The van der Waals surface area contributed by atoms with Gasteiger partial charge < -0.3 is 16.0 Å². The van der Waals surface area contributed by atoms with E-state index >= 15 is 0 Å². The molecule has 3 rings (SSSR count). The normalized spacial score (nSPS) is 17.9. The average Bonchev–Trinajstić information content (AvgIpc) is 2.90. The van der Waals surface area contributed by atoms with Crippen LogP contribution < -0.4 is 16.0 Å². The van der Waals surface area contributed by atoms with Crippen LogP contribution in [-0.4, -0.2) is 47.3 Å². The Morgan fingerprint density at radius 3 is 2.59 bits per heavy atom. The Kier molecular flexibility index (Phi) is 6.42. The minimum atomic E-state index is -0.855. The summed E-state index contributed by atoms with van der Waals surface area (Å²) in [5.74, 6) is -1.13. The SMILES string of the molecule is CCCNC(=O)c1ccc(NC(=O)CN2C(=O)NC3(CCCCC3)C2=O)cc1Cl. The highest BCUT2D eigenvalue weighted by Crippen LogP contribution is 2.33. The molecule has 156 valence electrons. The van der Waals surface area contributed by atoms with Crippen molar-refractivity contribution in [1.29, 1.82) is 0 Å². The van der Waals surface area contributed by atoms with Crippen molar-refractivity contribution in [3.8, 4) is 0 Å². The molecule has 5 amide bonds. The molecular weight excluding hydrogens is 396 g/mol. The maximum absolute atomic E-state index is 12.7. The Hall–Kier alpha value is -2.61. The fraction of sp³-hybridized carbons (Fsp3) is 0.500. The van der Waals surface area contributed by atoms with E-state index in [0.29, 0.717) is 30.6 Å². The first-order valence-electron chi connectivity index (χ1n) is 9.88. The zero-order valence-corrected chi connectivity index (χ0v) is 17.1. The number of rotatable bonds is 6. The van der Waals surface area contributed by atoms with Crippen molar-refractivity contribution in [1.82, 2.24) is 15.5 Å². The van der Waals surface area contributed by atoms with E-state index in [0.717, 1.165) is 30.6 Å². The molecule has 1 aromatic rings. The van der Waals surface area contributed by atoms with Gasteiger partial charge in [-0.05, 0) is 37.5 Å². The number of amides is 5.